The van der Waals surface area contributed by atoms with Crippen LogP contribution in [0, 0.1) is 0 Å². The molecule has 0 radical (unpaired) electrons. The molecule has 0 aliphatic carbocycles. The highest BCUT2D eigenvalue weighted by atomic mass is 16.7. The van der Waals surface area contributed by atoms with Gasteiger partial charge in [-0.1, -0.05) is 5.16 Å². The Morgan fingerprint density at radius 3 is 3.10 bits per heavy atom. The molecule has 1 rings (SSSR count). The van der Waals surface area contributed by atoms with Crippen LogP contribution in [0.4, 0.5) is 0 Å². The molecular formula is C5H9N3O2. The SMILES string of the molecule is CON(C)Cc1ncon1. The second kappa shape index (κ2) is 3.28. The van der Waals surface area contributed by atoms with Gasteiger partial charge in [-0.05, 0) is 0 Å². The summed E-state index contributed by atoms with van der Waals surface area (Å²) in [6, 6.07) is 0. The summed E-state index contributed by atoms with van der Waals surface area (Å²) in [6.45, 7) is 0.535. The zero-order chi connectivity index (χ0) is 7.40. The maximum Gasteiger partial charge on any atom is 0.213 e. The lowest BCUT2D eigenvalue weighted by molar-refractivity contribution is -0.118. The summed E-state index contributed by atoms with van der Waals surface area (Å²) in [7, 11) is 3.37. The van der Waals surface area contributed by atoms with E-state index >= 15 is 0 Å². The summed E-state index contributed by atoms with van der Waals surface area (Å²) < 4.78 is 4.52. The van der Waals surface area contributed by atoms with Gasteiger partial charge in [0, 0.05) is 7.05 Å². The molecule has 5 nitrogen and oxygen atoms in total. The molecule has 0 aliphatic rings. The average molecular weight is 143 g/mol. The first kappa shape index (κ1) is 7.17. The highest BCUT2D eigenvalue weighted by Gasteiger charge is 2.01. The van der Waals surface area contributed by atoms with Crippen molar-refractivity contribution in [3.05, 3.63) is 12.2 Å². The van der Waals surface area contributed by atoms with Crippen LogP contribution in [0.1, 0.15) is 5.82 Å². The number of rotatable bonds is 3. The molecule has 1 aromatic heterocycles. The lowest BCUT2D eigenvalue weighted by Gasteiger charge is -2.08. The molecule has 0 N–H and O–H groups in total. The first-order valence-electron chi connectivity index (χ1n) is 2.83. The molecule has 0 saturated heterocycles. The van der Waals surface area contributed by atoms with Crippen LogP contribution in [-0.4, -0.2) is 29.4 Å². The van der Waals surface area contributed by atoms with Crippen molar-refractivity contribution < 1.29 is 9.36 Å². The molecule has 0 fully saturated rings. The molecular weight excluding hydrogens is 134 g/mol. The summed E-state index contributed by atoms with van der Waals surface area (Å²) in [5.74, 6) is 0.615. The molecule has 1 aromatic rings. The van der Waals surface area contributed by atoms with E-state index < -0.39 is 0 Å². The topological polar surface area (TPSA) is 51.4 Å². The molecule has 0 bridgehead atoms. The molecule has 10 heavy (non-hydrogen) atoms. The van der Waals surface area contributed by atoms with Gasteiger partial charge in [-0.25, -0.2) is 0 Å². The predicted octanol–water partition coefficient (Wildman–Crippen LogP) is 0.0628. The molecule has 0 aromatic carbocycles. The Morgan fingerprint density at radius 1 is 1.80 bits per heavy atom. The van der Waals surface area contributed by atoms with Crippen LogP contribution >= 0.6 is 0 Å². The van der Waals surface area contributed by atoms with Crippen molar-refractivity contribution in [2.45, 2.75) is 6.54 Å². The molecule has 1 heterocycles. The quantitative estimate of drug-likeness (QED) is 0.560. The van der Waals surface area contributed by atoms with Crippen LogP contribution in [0.5, 0.6) is 0 Å². The van der Waals surface area contributed by atoms with Crippen LogP contribution < -0.4 is 0 Å². The number of aromatic nitrogens is 2. The number of hydroxylamine groups is 2. The van der Waals surface area contributed by atoms with Crippen molar-refractivity contribution in [2.75, 3.05) is 14.2 Å². The first-order chi connectivity index (χ1) is 4.83. The van der Waals surface area contributed by atoms with Crippen LogP contribution in [-0.2, 0) is 11.4 Å². The molecule has 0 atom stereocenters. The van der Waals surface area contributed by atoms with E-state index in [0.29, 0.717) is 12.4 Å². The number of hydrogen-bond acceptors (Lipinski definition) is 5. The summed E-state index contributed by atoms with van der Waals surface area (Å²) in [6.07, 6.45) is 1.29. The molecule has 0 spiro atoms. The predicted molar refractivity (Wildman–Crippen MR) is 32.8 cm³/mol. The van der Waals surface area contributed by atoms with Gasteiger partial charge in [-0.3, -0.25) is 0 Å². The molecule has 5 heteroatoms. The molecule has 0 saturated carbocycles. The van der Waals surface area contributed by atoms with Gasteiger partial charge in [0.2, 0.25) is 6.39 Å². The Balaban J connectivity index is 2.40. The third-order valence-electron chi connectivity index (χ3n) is 1.08. The molecule has 0 unspecified atom stereocenters. The van der Waals surface area contributed by atoms with E-state index in [1.165, 1.54) is 6.39 Å². The van der Waals surface area contributed by atoms with Crippen LogP contribution in [0.25, 0.3) is 0 Å². The van der Waals surface area contributed by atoms with E-state index in [2.05, 4.69) is 14.7 Å². The first-order valence-corrected chi connectivity index (χ1v) is 2.83. The van der Waals surface area contributed by atoms with Gasteiger partial charge in [-0.2, -0.15) is 10.0 Å². The van der Waals surface area contributed by atoms with E-state index in [1.807, 2.05) is 0 Å². The third-order valence-corrected chi connectivity index (χ3v) is 1.08. The minimum atomic E-state index is 0.535. The Bertz CT molecular complexity index is 175. The minimum absolute atomic E-state index is 0.535. The maximum atomic E-state index is 4.84. The van der Waals surface area contributed by atoms with Gasteiger partial charge in [0.05, 0.1) is 13.7 Å². The summed E-state index contributed by atoms with van der Waals surface area (Å²) in [5, 5.41) is 5.20. The van der Waals surface area contributed by atoms with E-state index in [1.54, 1.807) is 19.2 Å². The standard InChI is InChI=1S/C5H9N3O2/c1-8(9-2)3-5-6-4-10-7-5/h4H,3H2,1-2H3. The fourth-order valence-corrected chi connectivity index (χ4v) is 0.526. The highest BCUT2D eigenvalue weighted by molar-refractivity contribution is 4.74. The van der Waals surface area contributed by atoms with Gasteiger partial charge in [0.1, 0.15) is 0 Å². The van der Waals surface area contributed by atoms with Crippen molar-refractivity contribution in [2.24, 2.45) is 0 Å². The lowest BCUT2D eigenvalue weighted by Crippen LogP contribution is -2.16. The van der Waals surface area contributed by atoms with Gasteiger partial charge >= 0.3 is 0 Å². The summed E-state index contributed by atoms with van der Waals surface area (Å²) in [4.78, 5) is 8.64. The lowest BCUT2D eigenvalue weighted by atomic mass is 10.6. The second-order valence-corrected chi connectivity index (χ2v) is 1.82. The fraction of sp³-hybridized carbons (Fsp3) is 0.600. The Hall–Kier alpha value is -0.940. The largest absolute Gasteiger partial charge is 0.343 e. The monoisotopic (exact) mass is 143 g/mol. The zero-order valence-corrected chi connectivity index (χ0v) is 5.94. The summed E-state index contributed by atoms with van der Waals surface area (Å²) in [5.41, 5.74) is 0. The van der Waals surface area contributed by atoms with Crippen molar-refractivity contribution in [3.8, 4) is 0 Å². The van der Waals surface area contributed by atoms with Crippen molar-refractivity contribution in [1.82, 2.24) is 15.2 Å². The zero-order valence-electron chi connectivity index (χ0n) is 5.94. The number of hydrogen-bond donors (Lipinski definition) is 0. The van der Waals surface area contributed by atoms with Crippen molar-refractivity contribution in [3.63, 3.8) is 0 Å². The minimum Gasteiger partial charge on any atom is -0.343 e. The second-order valence-electron chi connectivity index (χ2n) is 1.82. The highest BCUT2D eigenvalue weighted by Crippen LogP contribution is 1.93. The number of nitrogens with zero attached hydrogens (tertiary/aromatic N) is 3. The summed E-state index contributed by atoms with van der Waals surface area (Å²) >= 11 is 0. The van der Waals surface area contributed by atoms with E-state index in [-0.39, 0.29) is 0 Å². The van der Waals surface area contributed by atoms with Gasteiger partial charge < -0.3 is 9.36 Å². The Labute approximate surface area is 58.5 Å². The van der Waals surface area contributed by atoms with Gasteiger partial charge in [0.15, 0.2) is 5.82 Å². The molecule has 0 aliphatic heterocycles. The van der Waals surface area contributed by atoms with E-state index in [0.717, 1.165) is 0 Å². The van der Waals surface area contributed by atoms with Crippen molar-refractivity contribution in [1.29, 1.82) is 0 Å². The fourth-order valence-electron chi connectivity index (χ4n) is 0.526. The van der Waals surface area contributed by atoms with Crippen LogP contribution in [0.15, 0.2) is 10.9 Å². The smallest absolute Gasteiger partial charge is 0.213 e. The molecule has 56 valence electrons. The molecule has 0 amide bonds. The maximum absolute atomic E-state index is 4.84. The van der Waals surface area contributed by atoms with Crippen LogP contribution in [0.3, 0.4) is 0 Å². The van der Waals surface area contributed by atoms with Gasteiger partial charge in [-0.15, -0.1) is 0 Å². The van der Waals surface area contributed by atoms with Gasteiger partial charge in [0.25, 0.3) is 0 Å². The Morgan fingerprint density at radius 2 is 2.60 bits per heavy atom. The normalized spacial score (nSPS) is 10.7. The third kappa shape index (κ3) is 1.78. The average Bonchev–Trinajstić information content (AvgIpc) is 2.40. The van der Waals surface area contributed by atoms with Crippen molar-refractivity contribution >= 4 is 0 Å². The Kier molecular flexibility index (Phi) is 2.35. The van der Waals surface area contributed by atoms with E-state index in [9.17, 15) is 0 Å². The van der Waals surface area contributed by atoms with E-state index in [4.69, 9.17) is 4.84 Å². The van der Waals surface area contributed by atoms with Crippen LogP contribution in [0.2, 0.25) is 0 Å².